The molecule has 0 aliphatic rings. The average Bonchev–Trinajstić information content (AvgIpc) is 2.34. The van der Waals surface area contributed by atoms with Crippen LogP contribution in [0.3, 0.4) is 0 Å². The third-order valence-electron chi connectivity index (χ3n) is 2.09. The molecule has 0 atom stereocenters. The molecule has 96 valence electrons. The number of rotatable bonds is 5. The van der Waals surface area contributed by atoms with Crippen molar-refractivity contribution in [2.24, 2.45) is 0 Å². The molecule has 0 heterocycles. The lowest BCUT2D eigenvalue weighted by molar-refractivity contribution is -0.131. The molecular formula is C12H12ClNO4. The molecule has 0 unspecified atom stereocenters. The van der Waals surface area contributed by atoms with Crippen LogP contribution in [-0.4, -0.2) is 24.1 Å². The van der Waals surface area contributed by atoms with Crippen LogP contribution >= 0.6 is 11.6 Å². The topological polar surface area (TPSA) is 75.6 Å². The van der Waals surface area contributed by atoms with Crippen LogP contribution in [0, 0.1) is 0 Å². The van der Waals surface area contributed by atoms with Gasteiger partial charge in [-0.25, -0.2) is 4.79 Å². The summed E-state index contributed by atoms with van der Waals surface area (Å²) >= 11 is 5.98. The van der Waals surface area contributed by atoms with Crippen LogP contribution < -0.4 is 10.1 Å². The van der Waals surface area contributed by atoms with Gasteiger partial charge in [0.1, 0.15) is 5.75 Å². The van der Waals surface area contributed by atoms with Crippen LogP contribution in [0.25, 0.3) is 0 Å². The van der Waals surface area contributed by atoms with Gasteiger partial charge in [0.15, 0.2) is 0 Å². The maximum Gasteiger partial charge on any atom is 0.328 e. The van der Waals surface area contributed by atoms with E-state index in [1.54, 1.807) is 18.2 Å². The van der Waals surface area contributed by atoms with Crippen molar-refractivity contribution in [1.82, 2.24) is 5.32 Å². The number of carboxylic acid groups (broad SMARTS) is 1. The molecule has 0 spiro atoms. The van der Waals surface area contributed by atoms with Gasteiger partial charge in [0.2, 0.25) is 5.91 Å². The predicted molar refractivity (Wildman–Crippen MR) is 66.6 cm³/mol. The number of hydrogen-bond acceptors (Lipinski definition) is 3. The van der Waals surface area contributed by atoms with Gasteiger partial charge >= 0.3 is 5.97 Å². The standard InChI is InChI=1S/C12H12ClNO4/c1-18-9-3-2-8(10(13)6-9)7-14-11(15)4-5-12(16)17/h2-6H,7H2,1H3,(H,14,15)(H,16,17)/b5-4+. The van der Waals surface area contributed by atoms with Gasteiger partial charge in [-0.05, 0) is 17.7 Å². The maximum absolute atomic E-state index is 11.2. The van der Waals surface area contributed by atoms with E-state index in [1.807, 2.05) is 0 Å². The van der Waals surface area contributed by atoms with Crippen molar-refractivity contribution in [2.45, 2.75) is 6.54 Å². The van der Waals surface area contributed by atoms with Crippen LogP contribution in [0.4, 0.5) is 0 Å². The number of benzene rings is 1. The summed E-state index contributed by atoms with van der Waals surface area (Å²) in [6, 6.07) is 5.08. The van der Waals surface area contributed by atoms with E-state index in [-0.39, 0.29) is 6.54 Å². The summed E-state index contributed by atoms with van der Waals surface area (Å²) in [4.78, 5) is 21.4. The number of carbonyl (C=O) groups excluding carboxylic acids is 1. The molecule has 0 aliphatic carbocycles. The first-order chi connectivity index (χ1) is 8.52. The molecule has 1 amide bonds. The van der Waals surface area contributed by atoms with Crippen molar-refractivity contribution in [2.75, 3.05) is 7.11 Å². The molecule has 0 bridgehead atoms. The molecule has 0 fully saturated rings. The Morgan fingerprint density at radius 3 is 2.72 bits per heavy atom. The smallest absolute Gasteiger partial charge is 0.328 e. The van der Waals surface area contributed by atoms with Gasteiger partial charge in [-0.15, -0.1) is 0 Å². The highest BCUT2D eigenvalue weighted by atomic mass is 35.5. The maximum atomic E-state index is 11.2. The summed E-state index contributed by atoms with van der Waals surface area (Å²) in [5.41, 5.74) is 0.717. The first kappa shape index (κ1) is 14.1. The largest absolute Gasteiger partial charge is 0.497 e. The molecule has 0 radical (unpaired) electrons. The Balaban J connectivity index is 2.58. The van der Waals surface area contributed by atoms with E-state index in [4.69, 9.17) is 21.4 Å². The Labute approximate surface area is 109 Å². The predicted octanol–water partition coefficient (Wildman–Crippen LogP) is 1.61. The fourth-order valence-corrected chi connectivity index (χ4v) is 1.42. The molecule has 0 saturated carbocycles. The van der Waals surface area contributed by atoms with Crippen LogP contribution in [0.5, 0.6) is 5.75 Å². The average molecular weight is 270 g/mol. The lowest BCUT2D eigenvalue weighted by Crippen LogP contribution is -2.20. The third-order valence-corrected chi connectivity index (χ3v) is 2.44. The van der Waals surface area contributed by atoms with Crippen LogP contribution in [-0.2, 0) is 16.1 Å². The van der Waals surface area contributed by atoms with Crippen LogP contribution in [0.15, 0.2) is 30.4 Å². The number of methoxy groups -OCH3 is 1. The molecule has 2 N–H and O–H groups in total. The lowest BCUT2D eigenvalue weighted by atomic mass is 10.2. The van der Waals surface area contributed by atoms with Gasteiger partial charge in [-0.1, -0.05) is 17.7 Å². The summed E-state index contributed by atoms with van der Waals surface area (Å²) in [5.74, 6) is -1.04. The number of amides is 1. The van der Waals surface area contributed by atoms with Gasteiger partial charge in [-0.2, -0.15) is 0 Å². The van der Waals surface area contributed by atoms with Crippen molar-refractivity contribution in [3.8, 4) is 5.75 Å². The normalized spacial score (nSPS) is 10.3. The van der Waals surface area contributed by atoms with Crippen LogP contribution in [0.1, 0.15) is 5.56 Å². The molecular weight excluding hydrogens is 258 g/mol. The molecule has 1 rings (SSSR count). The van der Waals surface area contributed by atoms with E-state index < -0.39 is 11.9 Å². The van der Waals surface area contributed by atoms with Crippen LogP contribution in [0.2, 0.25) is 5.02 Å². The van der Waals surface area contributed by atoms with E-state index in [0.29, 0.717) is 10.8 Å². The first-order valence-electron chi connectivity index (χ1n) is 5.04. The monoisotopic (exact) mass is 269 g/mol. The van der Waals surface area contributed by atoms with E-state index in [2.05, 4.69) is 5.32 Å². The van der Waals surface area contributed by atoms with Gasteiger partial charge in [-0.3, -0.25) is 4.79 Å². The number of halogens is 1. The zero-order valence-corrected chi connectivity index (χ0v) is 10.4. The number of aliphatic carboxylic acids is 1. The number of nitrogens with one attached hydrogen (secondary N) is 1. The second kappa shape index (κ2) is 6.66. The van der Waals surface area contributed by atoms with Gasteiger partial charge in [0, 0.05) is 23.7 Å². The fraction of sp³-hybridized carbons (Fsp3) is 0.167. The molecule has 0 aromatic heterocycles. The summed E-state index contributed by atoms with van der Waals surface area (Å²) in [5, 5.41) is 11.3. The minimum absolute atomic E-state index is 0.214. The molecule has 1 aromatic rings. The summed E-state index contributed by atoms with van der Waals surface area (Å²) in [6.45, 7) is 0.214. The van der Waals surface area contributed by atoms with Crippen molar-refractivity contribution < 1.29 is 19.4 Å². The second-order valence-corrected chi connectivity index (χ2v) is 3.75. The van der Waals surface area contributed by atoms with Gasteiger partial charge < -0.3 is 15.2 Å². The summed E-state index contributed by atoms with van der Waals surface area (Å²) in [7, 11) is 1.53. The van der Waals surface area contributed by atoms with E-state index in [9.17, 15) is 9.59 Å². The highest BCUT2D eigenvalue weighted by molar-refractivity contribution is 6.31. The summed E-state index contributed by atoms with van der Waals surface area (Å²) < 4.78 is 4.99. The lowest BCUT2D eigenvalue weighted by Gasteiger charge is -2.07. The summed E-state index contributed by atoms with van der Waals surface area (Å²) in [6.07, 6.45) is 1.71. The third kappa shape index (κ3) is 4.47. The molecule has 5 nitrogen and oxygen atoms in total. The van der Waals surface area contributed by atoms with Gasteiger partial charge in [0.05, 0.1) is 7.11 Å². The van der Waals surface area contributed by atoms with E-state index in [0.717, 1.165) is 17.7 Å². The SMILES string of the molecule is COc1ccc(CNC(=O)/C=C/C(=O)O)c(Cl)c1. The Hall–Kier alpha value is -2.01. The van der Waals surface area contributed by atoms with Crippen molar-refractivity contribution in [3.63, 3.8) is 0 Å². The zero-order valence-electron chi connectivity index (χ0n) is 9.64. The number of carboxylic acids is 1. The quantitative estimate of drug-likeness (QED) is 0.796. The highest BCUT2D eigenvalue weighted by Gasteiger charge is 2.03. The molecule has 0 aliphatic heterocycles. The van der Waals surface area contributed by atoms with Crippen molar-refractivity contribution in [1.29, 1.82) is 0 Å². The van der Waals surface area contributed by atoms with E-state index in [1.165, 1.54) is 7.11 Å². The zero-order chi connectivity index (χ0) is 13.5. The fourth-order valence-electron chi connectivity index (χ4n) is 1.19. The molecule has 18 heavy (non-hydrogen) atoms. The molecule has 0 saturated heterocycles. The van der Waals surface area contributed by atoms with Gasteiger partial charge in [0.25, 0.3) is 0 Å². The Bertz CT molecular complexity index is 485. The highest BCUT2D eigenvalue weighted by Crippen LogP contribution is 2.22. The number of ether oxygens (including phenoxy) is 1. The molecule has 6 heteroatoms. The minimum Gasteiger partial charge on any atom is -0.497 e. The Kier molecular flexibility index (Phi) is 5.20. The Morgan fingerprint density at radius 1 is 1.44 bits per heavy atom. The Morgan fingerprint density at radius 2 is 2.17 bits per heavy atom. The number of hydrogen-bond donors (Lipinski definition) is 2. The molecule has 1 aromatic carbocycles. The van der Waals surface area contributed by atoms with Crippen molar-refractivity contribution >= 4 is 23.5 Å². The van der Waals surface area contributed by atoms with E-state index >= 15 is 0 Å². The van der Waals surface area contributed by atoms with Crippen molar-refractivity contribution in [3.05, 3.63) is 40.9 Å². The minimum atomic E-state index is -1.17. The number of carbonyl (C=O) groups is 2. The first-order valence-corrected chi connectivity index (χ1v) is 5.42. The second-order valence-electron chi connectivity index (χ2n) is 3.35.